The average Bonchev–Trinajstić information content (AvgIpc) is 2.68. The number of nitrogens with one attached hydrogen (secondary N) is 2. The zero-order valence-electron chi connectivity index (χ0n) is 11.3. The first-order valence-corrected chi connectivity index (χ1v) is 6.45. The van der Waals surface area contributed by atoms with Gasteiger partial charge in [0.2, 0.25) is 5.91 Å². The number of amides is 1. The molecule has 0 saturated carbocycles. The summed E-state index contributed by atoms with van der Waals surface area (Å²) in [7, 11) is 1.99. The lowest BCUT2D eigenvalue weighted by Gasteiger charge is -2.23. The number of halogens is 2. The van der Waals surface area contributed by atoms with Gasteiger partial charge in [-0.25, -0.2) is 8.78 Å². The fraction of sp³-hybridized carbons (Fsp3) is 0.917. The van der Waals surface area contributed by atoms with Crippen molar-refractivity contribution >= 4 is 5.91 Å². The zero-order chi connectivity index (χ0) is 13.8. The summed E-state index contributed by atoms with van der Waals surface area (Å²) in [6, 6.07) is -0.301. The Hall–Kier alpha value is -0.750. The van der Waals surface area contributed by atoms with Crippen LogP contribution in [0.2, 0.25) is 0 Å². The maximum absolute atomic E-state index is 12.9. The first-order valence-electron chi connectivity index (χ1n) is 6.45. The second kappa shape index (κ2) is 6.43. The highest BCUT2D eigenvalue weighted by Gasteiger charge is 2.42. The Morgan fingerprint density at radius 1 is 1.61 bits per heavy atom. The minimum atomic E-state index is -2.75. The van der Waals surface area contributed by atoms with Crippen molar-refractivity contribution in [3.05, 3.63) is 0 Å². The molecule has 18 heavy (non-hydrogen) atoms. The number of hydrogen-bond donors (Lipinski definition) is 2. The largest absolute Gasteiger partial charge is 0.353 e. The second-order valence-electron chi connectivity index (χ2n) is 5.02. The maximum atomic E-state index is 12.9. The van der Waals surface area contributed by atoms with Gasteiger partial charge in [0, 0.05) is 25.6 Å². The predicted octanol–water partition coefficient (Wildman–Crippen LogP) is 0.830. The van der Waals surface area contributed by atoms with Gasteiger partial charge in [0.05, 0.1) is 12.6 Å². The van der Waals surface area contributed by atoms with Crippen molar-refractivity contribution in [2.24, 2.45) is 0 Å². The van der Waals surface area contributed by atoms with E-state index in [0.717, 1.165) is 13.0 Å². The van der Waals surface area contributed by atoms with Crippen LogP contribution in [0.3, 0.4) is 0 Å². The first kappa shape index (κ1) is 15.3. The number of alkyl halides is 2. The quantitative estimate of drug-likeness (QED) is 0.746. The molecule has 1 aliphatic rings. The normalized spacial score (nSPS) is 24.2. The summed E-state index contributed by atoms with van der Waals surface area (Å²) in [5.41, 5.74) is 0. The Bertz CT molecular complexity index is 286. The van der Waals surface area contributed by atoms with Crippen LogP contribution in [0.5, 0.6) is 0 Å². The Morgan fingerprint density at radius 2 is 2.28 bits per heavy atom. The van der Waals surface area contributed by atoms with E-state index in [1.807, 2.05) is 7.05 Å². The molecule has 106 valence electrons. The van der Waals surface area contributed by atoms with Crippen molar-refractivity contribution in [1.82, 2.24) is 15.5 Å². The molecule has 1 heterocycles. The molecule has 1 amide bonds. The summed E-state index contributed by atoms with van der Waals surface area (Å²) in [5.74, 6) is -3.08. The number of rotatable bonds is 6. The molecule has 0 aliphatic carbocycles. The molecule has 0 aromatic heterocycles. The number of hydrogen-bond acceptors (Lipinski definition) is 3. The monoisotopic (exact) mass is 263 g/mol. The van der Waals surface area contributed by atoms with E-state index in [2.05, 4.69) is 29.4 Å². The van der Waals surface area contributed by atoms with Crippen LogP contribution in [-0.2, 0) is 4.79 Å². The topological polar surface area (TPSA) is 44.4 Å². The number of carbonyl (C=O) groups is 1. The zero-order valence-corrected chi connectivity index (χ0v) is 11.3. The van der Waals surface area contributed by atoms with Crippen LogP contribution in [0.1, 0.15) is 26.7 Å². The Morgan fingerprint density at radius 3 is 2.78 bits per heavy atom. The molecule has 0 aromatic rings. The SMILES string of the molecule is CCC(C)N(C)CCNC(=O)C1CC(F)(F)CN1. The molecule has 2 N–H and O–H groups in total. The van der Waals surface area contributed by atoms with E-state index in [1.165, 1.54) is 0 Å². The summed E-state index contributed by atoms with van der Waals surface area (Å²) in [4.78, 5) is 13.8. The Kier molecular flexibility index (Phi) is 5.47. The molecule has 2 atom stereocenters. The predicted molar refractivity (Wildman–Crippen MR) is 66.7 cm³/mol. The van der Waals surface area contributed by atoms with Crippen LogP contribution in [-0.4, -0.2) is 55.5 Å². The Labute approximate surface area is 107 Å². The molecule has 0 spiro atoms. The lowest BCUT2D eigenvalue weighted by atomic mass is 10.2. The highest BCUT2D eigenvalue weighted by atomic mass is 19.3. The van der Waals surface area contributed by atoms with E-state index in [4.69, 9.17) is 0 Å². The van der Waals surface area contributed by atoms with Gasteiger partial charge in [-0.05, 0) is 20.4 Å². The average molecular weight is 263 g/mol. The minimum absolute atomic E-state index is 0.329. The lowest BCUT2D eigenvalue weighted by Crippen LogP contribution is -2.44. The van der Waals surface area contributed by atoms with Gasteiger partial charge in [-0.1, -0.05) is 6.92 Å². The molecule has 2 unspecified atom stereocenters. The van der Waals surface area contributed by atoms with Crippen molar-refractivity contribution in [2.75, 3.05) is 26.7 Å². The Balaban J connectivity index is 2.22. The summed E-state index contributed by atoms with van der Waals surface area (Å²) in [5, 5.41) is 5.24. The van der Waals surface area contributed by atoms with Gasteiger partial charge >= 0.3 is 0 Å². The third-order valence-corrected chi connectivity index (χ3v) is 3.53. The van der Waals surface area contributed by atoms with Crippen LogP contribution in [0, 0.1) is 0 Å². The molecule has 6 heteroatoms. The highest BCUT2D eigenvalue weighted by molar-refractivity contribution is 5.82. The van der Waals surface area contributed by atoms with Gasteiger partial charge in [-0.15, -0.1) is 0 Å². The van der Waals surface area contributed by atoms with Crippen LogP contribution in [0.15, 0.2) is 0 Å². The van der Waals surface area contributed by atoms with Gasteiger partial charge in [-0.3, -0.25) is 10.1 Å². The molecule has 1 aliphatic heterocycles. The number of carbonyl (C=O) groups excluding carboxylic acids is 1. The van der Waals surface area contributed by atoms with E-state index in [1.54, 1.807) is 0 Å². The van der Waals surface area contributed by atoms with Gasteiger partial charge in [0.15, 0.2) is 0 Å². The summed E-state index contributed by atoms with van der Waals surface area (Å²) in [6.07, 6.45) is 0.640. The molecule has 0 radical (unpaired) electrons. The first-order chi connectivity index (χ1) is 8.35. The minimum Gasteiger partial charge on any atom is -0.353 e. The standard InChI is InChI=1S/C12H23F2N3O/c1-4-9(2)17(3)6-5-15-11(18)10-7-12(13,14)8-16-10/h9-10,16H,4-8H2,1-3H3,(H,15,18). The summed E-state index contributed by atoms with van der Waals surface area (Å²) >= 11 is 0. The molecular formula is C12H23F2N3O. The summed E-state index contributed by atoms with van der Waals surface area (Å²) in [6.45, 7) is 5.02. The van der Waals surface area contributed by atoms with E-state index >= 15 is 0 Å². The highest BCUT2D eigenvalue weighted by Crippen LogP contribution is 2.24. The molecule has 1 saturated heterocycles. The second-order valence-corrected chi connectivity index (χ2v) is 5.02. The van der Waals surface area contributed by atoms with E-state index in [0.29, 0.717) is 12.6 Å². The third-order valence-electron chi connectivity index (χ3n) is 3.53. The van der Waals surface area contributed by atoms with Crippen LogP contribution in [0.25, 0.3) is 0 Å². The van der Waals surface area contributed by atoms with Crippen molar-refractivity contribution in [3.63, 3.8) is 0 Å². The third kappa shape index (κ3) is 4.49. The maximum Gasteiger partial charge on any atom is 0.262 e. The van der Waals surface area contributed by atoms with Gasteiger partial charge < -0.3 is 10.2 Å². The van der Waals surface area contributed by atoms with Crippen molar-refractivity contribution in [1.29, 1.82) is 0 Å². The molecule has 1 rings (SSSR count). The van der Waals surface area contributed by atoms with E-state index in [9.17, 15) is 13.6 Å². The fourth-order valence-corrected chi connectivity index (χ4v) is 1.91. The lowest BCUT2D eigenvalue weighted by molar-refractivity contribution is -0.123. The molecule has 4 nitrogen and oxygen atoms in total. The molecule has 1 fully saturated rings. The molecule has 0 aromatic carbocycles. The molecular weight excluding hydrogens is 240 g/mol. The van der Waals surface area contributed by atoms with Gasteiger partial charge in [0.25, 0.3) is 5.92 Å². The van der Waals surface area contributed by atoms with Gasteiger partial charge in [-0.2, -0.15) is 0 Å². The van der Waals surface area contributed by atoms with E-state index < -0.39 is 24.9 Å². The van der Waals surface area contributed by atoms with Crippen LogP contribution >= 0.6 is 0 Å². The fourth-order valence-electron chi connectivity index (χ4n) is 1.91. The van der Waals surface area contributed by atoms with Crippen molar-refractivity contribution < 1.29 is 13.6 Å². The van der Waals surface area contributed by atoms with E-state index in [-0.39, 0.29) is 5.91 Å². The summed E-state index contributed by atoms with van der Waals surface area (Å²) < 4.78 is 25.8. The smallest absolute Gasteiger partial charge is 0.262 e. The van der Waals surface area contributed by atoms with Crippen molar-refractivity contribution in [2.45, 2.75) is 44.7 Å². The molecule has 0 bridgehead atoms. The van der Waals surface area contributed by atoms with Crippen LogP contribution < -0.4 is 10.6 Å². The number of nitrogens with zero attached hydrogens (tertiary/aromatic N) is 1. The van der Waals surface area contributed by atoms with Crippen LogP contribution in [0.4, 0.5) is 8.78 Å². The van der Waals surface area contributed by atoms with Gasteiger partial charge in [0.1, 0.15) is 0 Å². The van der Waals surface area contributed by atoms with Crippen molar-refractivity contribution in [3.8, 4) is 0 Å². The number of likely N-dealkylation sites (N-methyl/N-ethyl adjacent to an activating group) is 1.